The van der Waals surface area contributed by atoms with E-state index < -0.39 is 17.5 Å². The van der Waals surface area contributed by atoms with Crippen molar-refractivity contribution in [3.63, 3.8) is 0 Å². The molecule has 0 N–H and O–H groups in total. The highest BCUT2D eigenvalue weighted by Gasteiger charge is 2.45. The zero-order valence-corrected chi connectivity index (χ0v) is 13.9. The minimum Gasteiger partial charge on any atom is -0.461 e. The van der Waals surface area contributed by atoms with Gasteiger partial charge in [0.15, 0.2) is 0 Å². The van der Waals surface area contributed by atoms with E-state index in [1.54, 1.807) is 18.5 Å². The maximum atomic E-state index is 14.5. The lowest BCUT2D eigenvalue weighted by Gasteiger charge is -2.21. The highest BCUT2D eigenvalue weighted by atomic mass is 19.3. The van der Waals surface area contributed by atoms with Gasteiger partial charge in [-0.1, -0.05) is 6.07 Å². The first-order valence-corrected chi connectivity index (χ1v) is 7.39. The Labute approximate surface area is 138 Å². The molecule has 0 spiro atoms. The third kappa shape index (κ3) is 3.50. The van der Waals surface area contributed by atoms with Crippen molar-refractivity contribution in [2.24, 2.45) is 0 Å². The monoisotopic (exact) mass is 336 g/mol. The number of aromatic nitrogens is 2. The minimum atomic E-state index is -3.77. The van der Waals surface area contributed by atoms with Crippen LogP contribution in [0.25, 0.3) is 0 Å². The average molecular weight is 336 g/mol. The molecule has 0 saturated carbocycles. The predicted octanol–water partition coefficient (Wildman–Crippen LogP) is 3.85. The van der Waals surface area contributed by atoms with Gasteiger partial charge in [0.25, 0.3) is 0 Å². The van der Waals surface area contributed by atoms with E-state index in [2.05, 4.69) is 14.7 Å². The van der Waals surface area contributed by atoms with Gasteiger partial charge in [0.05, 0.1) is 6.61 Å². The summed E-state index contributed by atoms with van der Waals surface area (Å²) in [5, 5.41) is 0. The fourth-order valence-electron chi connectivity index (χ4n) is 2.28. The first-order chi connectivity index (χ1) is 11.3. The van der Waals surface area contributed by atoms with Gasteiger partial charge in [0, 0.05) is 23.5 Å². The molecule has 0 amide bonds. The van der Waals surface area contributed by atoms with Gasteiger partial charge in [-0.3, -0.25) is 0 Å². The zero-order chi connectivity index (χ0) is 17.9. The van der Waals surface area contributed by atoms with Gasteiger partial charge in [-0.2, -0.15) is 8.78 Å². The summed E-state index contributed by atoms with van der Waals surface area (Å²) >= 11 is 0. The zero-order valence-electron chi connectivity index (χ0n) is 13.9. The number of carbonyl (C=O) groups excluding carboxylic acids is 1. The van der Waals surface area contributed by atoms with Crippen molar-refractivity contribution in [3.05, 3.63) is 46.8 Å². The normalized spacial score (nSPS) is 11.2. The molecule has 2 rings (SSSR count). The fraction of sp³-hybridized carbons (Fsp3) is 0.353. The fourth-order valence-corrected chi connectivity index (χ4v) is 2.28. The molecule has 0 aliphatic carbocycles. The van der Waals surface area contributed by atoms with Gasteiger partial charge < -0.3 is 9.47 Å². The number of hydrogen-bond acceptors (Lipinski definition) is 5. The van der Waals surface area contributed by atoms with Gasteiger partial charge in [-0.25, -0.2) is 14.8 Å². The van der Waals surface area contributed by atoms with E-state index >= 15 is 0 Å². The smallest absolute Gasteiger partial charge is 0.382 e. The molecule has 128 valence electrons. The Hall–Kier alpha value is -2.57. The molecule has 0 fully saturated rings. The third-order valence-electron chi connectivity index (χ3n) is 3.43. The van der Waals surface area contributed by atoms with Crippen molar-refractivity contribution in [1.82, 2.24) is 9.97 Å². The summed E-state index contributed by atoms with van der Waals surface area (Å²) < 4.78 is 38.9. The highest BCUT2D eigenvalue weighted by molar-refractivity contribution is 5.80. The van der Waals surface area contributed by atoms with Crippen LogP contribution in [0, 0.1) is 20.8 Å². The molecule has 0 bridgehead atoms. The second-order valence-electron chi connectivity index (χ2n) is 5.32. The molecular weight excluding hydrogens is 318 g/mol. The first-order valence-electron chi connectivity index (χ1n) is 7.39. The molecule has 0 atom stereocenters. The summed E-state index contributed by atoms with van der Waals surface area (Å²) in [7, 11) is 0. The van der Waals surface area contributed by atoms with Crippen LogP contribution in [0.5, 0.6) is 11.8 Å². The number of aryl methyl sites for hydroxylation is 2. The summed E-state index contributed by atoms with van der Waals surface area (Å²) in [4.78, 5) is 19.6. The third-order valence-corrected chi connectivity index (χ3v) is 3.43. The van der Waals surface area contributed by atoms with Crippen molar-refractivity contribution in [2.75, 3.05) is 6.61 Å². The van der Waals surface area contributed by atoms with Crippen LogP contribution < -0.4 is 4.74 Å². The molecule has 5 nitrogen and oxygen atoms in total. The Morgan fingerprint density at radius 2 is 1.79 bits per heavy atom. The Morgan fingerprint density at radius 1 is 1.17 bits per heavy atom. The first kappa shape index (κ1) is 17.8. The van der Waals surface area contributed by atoms with Crippen molar-refractivity contribution < 1.29 is 23.0 Å². The molecule has 0 unspecified atom stereocenters. The second kappa shape index (κ2) is 6.90. The number of carbonyl (C=O) groups is 1. The van der Waals surface area contributed by atoms with Gasteiger partial charge in [-0.15, -0.1) is 0 Å². The van der Waals surface area contributed by atoms with Crippen LogP contribution in [0.4, 0.5) is 8.78 Å². The van der Waals surface area contributed by atoms with E-state index in [-0.39, 0.29) is 29.5 Å². The van der Waals surface area contributed by atoms with Crippen LogP contribution >= 0.6 is 0 Å². The molecule has 24 heavy (non-hydrogen) atoms. The Kier molecular flexibility index (Phi) is 5.11. The molecule has 0 aliphatic rings. The van der Waals surface area contributed by atoms with E-state index in [1.807, 2.05) is 6.92 Å². The van der Waals surface area contributed by atoms with E-state index in [0.717, 1.165) is 5.56 Å². The van der Waals surface area contributed by atoms with Gasteiger partial charge >= 0.3 is 17.9 Å². The summed E-state index contributed by atoms with van der Waals surface area (Å²) in [5.41, 5.74) is 0.822. The summed E-state index contributed by atoms with van der Waals surface area (Å²) in [6.07, 6.45) is 3.11. The van der Waals surface area contributed by atoms with E-state index in [9.17, 15) is 13.6 Å². The molecule has 0 radical (unpaired) electrons. The van der Waals surface area contributed by atoms with Gasteiger partial charge in [0.1, 0.15) is 5.75 Å². The summed E-state index contributed by atoms with van der Waals surface area (Å²) in [6, 6.07) is 3.04. The number of esters is 1. The van der Waals surface area contributed by atoms with Crippen molar-refractivity contribution >= 4 is 5.97 Å². The van der Waals surface area contributed by atoms with E-state index in [1.165, 1.54) is 26.8 Å². The SMILES string of the molecule is CCOC(=O)C(F)(F)c1c(C)ccc(Oc2ncc(C)cn2)c1C. The number of halogens is 2. The van der Waals surface area contributed by atoms with Crippen LogP contribution in [-0.2, 0) is 15.5 Å². The van der Waals surface area contributed by atoms with Crippen molar-refractivity contribution in [2.45, 2.75) is 33.6 Å². The molecule has 1 aromatic heterocycles. The van der Waals surface area contributed by atoms with Gasteiger partial charge in [-0.05, 0) is 44.9 Å². The topological polar surface area (TPSA) is 61.3 Å². The predicted molar refractivity (Wildman–Crippen MR) is 83.3 cm³/mol. The number of alkyl halides is 2. The number of nitrogens with zero attached hydrogens (tertiary/aromatic N) is 2. The molecule has 0 aliphatic heterocycles. The van der Waals surface area contributed by atoms with Gasteiger partial charge in [0.2, 0.25) is 0 Å². The minimum absolute atomic E-state index is 0.0398. The number of rotatable bonds is 5. The Bertz CT molecular complexity index is 746. The highest BCUT2D eigenvalue weighted by Crippen LogP contribution is 2.38. The Balaban J connectivity index is 2.43. The molecule has 1 aromatic carbocycles. The maximum absolute atomic E-state index is 14.5. The van der Waals surface area contributed by atoms with Crippen LogP contribution in [-0.4, -0.2) is 22.5 Å². The lowest BCUT2D eigenvalue weighted by molar-refractivity contribution is -0.173. The summed E-state index contributed by atoms with van der Waals surface area (Å²) in [6.45, 7) is 6.13. The molecule has 0 saturated heterocycles. The lowest BCUT2D eigenvalue weighted by atomic mass is 9.96. The van der Waals surface area contributed by atoms with Crippen molar-refractivity contribution in [3.8, 4) is 11.8 Å². The maximum Gasteiger partial charge on any atom is 0.382 e. The average Bonchev–Trinajstić information content (AvgIpc) is 2.52. The second-order valence-corrected chi connectivity index (χ2v) is 5.32. The number of hydrogen-bond donors (Lipinski definition) is 0. The van der Waals surface area contributed by atoms with Crippen molar-refractivity contribution in [1.29, 1.82) is 0 Å². The van der Waals surface area contributed by atoms with E-state index in [0.29, 0.717) is 0 Å². The number of benzene rings is 1. The standard InChI is InChI=1S/C17H18F2N2O3/c1-5-23-15(22)17(18,19)14-11(3)6-7-13(12(14)4)24-16-20-8-10(2)9-21-16/h6-9H,5H2,1-4H3. The Morgan fingerprint density at radius 3 is 2.38 bits per heavy atom. The van der Waals surface area contributed by atoms with E-state index in [4.69, 9.17) is 4.74 Å². The quantitative estimate of drug-likeness (QED) is 0.776. The van der Waals surface area contributed by atoms with Crippen LogP contribution in [0.1, 0.15) is 29.2 Å². The molecule has 7 heteroatoms. The molecule has 1 heterocycles. The molecule has 2 aromatic rings. The van der Waals surface area contributed by atoms with Crippen LogP contribution in [0.2, 0.25) is 0 Å². The summed E-state index contributed by atoms with van der Waals surface area (Å²) in [5.74, 6) is -5.19. The van der Waals surface area contributed by atoms with Crippen LogP contribution in [0.3, 0.4) is 0 Å². The molecular formula is C17H18F2N2O3. The number of ether oxygens (including phenoxy) is 2. The largest absolute Gasteiger partial charge is 0.461 e. The van der Waals surface area contributed by atoms with Crippen LogP contribution in [0.15, 0.2) is 24.5 Å². The lowest BCUT2D eigenvalue weighted by Crippen LogP contribution is -2.30.